The summed E-state index contributed by atoms with van der Waals surface area (Å²) in [4.78, 5) is 23.0. The fraction of sp³-hybridized carbons (Fsp3) is 0.385. The van der Waals surface area contributed by atoms with Crippen LogP contribution in [0.5, 0.6) is 0 Å². The third-order valence-corrected chi connectivity index (χ3v) is 3.06. The van der Waals surface area contributed by atoms with Gasteiger partial charge in [0.2, 0.25) is 5.91 Å². The van der Waals surface area contributed by atoms with Crippen molar-refractivity contribution in [2.75, 3.05) is 11.9 Å². The van der Waals surface area contributed by atoms with Crippen molar-refractivity contribution in [1.82, 2.24) is 5.32 Å². The lowest BCUT2D eigenvalue weighted by molar-refractivity contribution is -0.116. The number of amides is 2. The molecule has 104 valence electrons. The quantitative estimate of drug-likeness (QED) is 0.778. The summed E-state index contributed by atoms with van der Waals surface area (Å²) in [6.07, 6.45) is 2.55. The Kier molecular flexibility index (Phi) is 5.79. The lowest BCUT2D eigenvalue weighted by atomic mass is 10.1. The number of rotatable bonds is 4. The van der Waals surface area contributed by atoms with Crippen LogP contribution in [-0.2, 0) is 4.79 Å². The van der Waals surface area contributed by atoms with Crippen molar-refractivity contribution in [2.24, 2.45) is 5.73 Å². The summed E-state index contributed by atoms with van der Waals surface area (Å²) in [5, 5.41) is 6.00. The van der Waals surface area contributed by atoms with E-state index in [1.807, 2.05) is 0 Å². The van der Waals surface area contributed by atoms with E-state index in [0.717, 1.165) is 19.4 Å². The molecule has 1 atom stereocenters. The van der Waals surface area contributed by atoms with Gasteiger partial charge < -0.3 is 16.4 Å². The van der Waals surface area contributed by atoms with Crippen LogP contribution in [0.25, 0.3) is 0 Å². The van der Waals surface area contributed by atoms with E-state index in [2.05, 4.69) is 10.6 Å². The van der Waals surface area contributed by atoms with Crippen LogP contribution >= 0.6 is 12.4 Å². The number of hydrogen-bond acceptors (Lipinski definition) is 3. The Balaban J connectivity index is 0.00000180. The molecule has 1 unspecified atom stereocenters. The van der Waals surface area contributed by atoms with Gasteiger partial charge in [0.05, 0.1) is 11.3 Å². The van der Waals surface area contributed by atoms with E-state index in [-0.39, 0.29) is 24.4 Å². The van der Waals surface area contributed by atoms with E-state index in [0.29, 0.717) is 17.7 Å². The summed E-state index contributed by atoms with van der Waals surface area (Å²) in [6, 6.07) is 7.00. The van der Waals surface area contributed by atoms with Crippen LogP contribution in [0, 0.1) is 0 Å². The van der Waals surface area contributed by atoms with Gasteiger partial charge in [-0.1, -0.05) is 12.1 Å². The van der Waals surface area contributed by atoms with E-state index in [4.69, 9.17) is 5.73 Å². The van der Waals surface area contributed by atoms with E-state index in [1.54, 1.807) is 24.3 Å². The van der Waals surface area contributed by atoms with Crippen LogP contribution in [0.2, 0.25) is 0 Å². The van der Waals surface area contributed by atoms with Gasteiger partial charge in [0.1, 0.15) is 0 Å². The van der Waals surface area contributed by atoms with Crippen LogP contribution in [0.3, 0.4) is 0 Å². The summed E-state index contributed by atoms with van der Waals surface area (Å²) in [5.41, 5.74) is 6.07. The minimum Gasteiger partial charge on any atom is -0.366 e. The van der Waals surface area contributed by atoms with Crippen molar-refractivity contribution >= 4 is 29.9 Å². The van der Waals surface area contributed by atoms with Crippen LogP contribution < -0.4 is 16.4 Å². The second kappa shape index (κ2) is 7.11. The average molecular weight is 284 g/mol. The number of nitrogens with two attached hydrogens (primary N) is 1. The third-order valence-electron chi connectivity index (χ3n) is 3.06. The summed E-state index contributed by atoms with van der Waals surface area (Å²) < 4.78 is 0. The molecule has 1 aromatic carbocycles. The number of primary amides is 1. The lowest BCUT2D eigenvalue weighted by Crippen LogP contribution is -2.28. The molecule has 1 aliphatic heterocycles. The van der Waals surface area contributed by atoms with Gasteiger partial charge in [-0.05, 0) is 31.5 Å². The molecule has 0 radical (unpaired) electrons. The van der Waals surface area contributed by atoms with Gasteiger partial charge in [-0.2, -0.15) is 0 Å². The molecule has 1 fully saturated rings. The van der Waals surface area contributed by atoms with E-state index < -0.39 is 5.91 Å². The number of anilines is 1. The molecular weight excluding hydrogens is 266 g/mol. The number of carbonyl (C=O) groups is 2. The summed E-state index contributed by atoms with van der Waals surface area (Å²) in [6.45, 7) is 0.968. The van der Waals surface area contributed by atoms with Crippen molar-refractivity contribution in [2.45, 2.75) is 25.3 Å². The highest BCUT2D eigenvalue weighted by atomic mass is 35.5. The highest BCUT2D eigenvalue weighted by Crippen LogP contribution is 2.16. The Morgan fingerprint density at radius 3 is 2.74 bits per heavy atom. The van der Waals surface area contributed by atoms with Crippen molar-refractivity contribution in [3.8, 4) is 0 Å². The maximum absolute atomic E-state index is 11.8. The standard InChI is InChI=1S/C13H17N3O2.ClH/c14-13(18)10-5-1-2-6-11(10)16-12(17)8-9-4-3-7-15-9;/h1-2,5-6,9,15H,3-4,7-8H2,(H2,14,18)(H,16,17);1H. The second-order valence-corrected chi connectivity index (χ2v) is 4.46. The first-order valence-corrected chi connectivity index (χ1v) is 6.09. The Morgan fingerprint density at radius 1 is 1.37 bits per heavy atom. The van der Waals surface area contributed by atoms with E-state index in [1.165, 1.54) is 0 Å². The maximum atomic E-state index is 11.8. The molecule has 2 rings (SSSR count). The third kappa shape index (κ3) is 4.22. The first-order valence-electron chi connectivity index (χ1n) is 6.09. The number of halogens is 1. The number of carbonyl (C=O) groups excluding carboxylic acids is 2. The fourth-order valence-corrected chi connectivity index (χ4v) is 2.16. The monoisotopic (exact) mass is 283 g/mol. The van der Waals surface area contributed by atoms with Crippen molar-refractivity contribution < 1.29 is 9.59 Å². The number of benzene rings is 1. The van der Waals surface area contributed by atoms with Gasteiger partial charge in [-0.15, -0.1) is 12.4 Å². The molecule has 1 aromatic rings. The molecule has 0 bridgehead atoms. The van der Waals surface area contributed by atoms with Crippen LogP contribution in [0.4, 0.5) is 5.69 Å². The minimum absolute atomic E-state index is 0. The van der Waals surface area contributed by atoms with Crippen molar-refractivity contribution in [1.29, 1.82) is 0 Å². The maximum Gasteiger partial charge on any atom is 0.250 e. The normalized spacial score (nSPS) is 17.6. The Morgan fingerprint density at radius 2 is 2.11 bits per heavy atom. The fourth-order valence-electron chi connectivity index (χ4n) is 2.16. The number of nitrogens with one attached hydrogen (secondary N) is 2. The van der Waals surface area contributed by atoms with Crippen LogP contribution in [0.15, 0.2) is 24.3 Å². The van der Waals surface area contributed by atoms with Crippen LogP contribution in [-0.4, -0.2) is 24.4 Å². The van der Waals surface area contributed by atoms with Crippen molar-refractivity contribution in [3.05, 3.63) is 29.8 Å². The minimum atomic E-state index is -0.537. The van der Waals surface area contributed by atoms with Crippen LogP contribution in [0.1, 0.15) is 29.6 Å². The smallest absolute Gasteiger partial charge is 0.250 e. The molecule has 1 saturated heterocycles. The predicted octanol–water partition coefficient (Wildman–Crippen LogP) is 1.29. The first kappa shape index (κ1) is 15.5. The molecule has 19 heavy (non-hydrogen) atoms. The average Bonchev–Trinajstić information content (AvgIpc) is 2.82. The van der Waals surface area contributed by atoms with Gasteiger partial charge in [0, 0.05) is 12.5 Å². The SMILES string of the molecule is Cl.NC(=O)c1ccccc1NC(=O)CC1CCCN1. The first-order chi connectivity index (χ1) is 8.66. The largest absolute Gasteiger partial charge is 0.366 e. The summed E-state index contributed by atoms with van der Waals surface area (Å²) in [7, 11) is 0. The summed E-state index contributed by atoms with van der Waals surface area (Å²) >= 11 is 0. The molecule has 0 saturated carbocycles. The Labute approximate surface area is 118 Å². The molecule has 1 heterocycles. The van der Waals surface area contributed by atoms with Gasteiger partial charge in [0.15, 0.2) is 0 Å². The molecule has 0 aromatic heterocycles. The number of para-hydroxylation sites is 1. The molecule has 5 nitrogen and oxygen atoms in total. The Bertz CT molecular complexity index is 459. The van der Waals surface area contributed by atoms with Gasteiger partial charge in [-0.3, -0.25) is 9.59 Å². The Hall–Kier alpha value is -1.59. The molecule has 4 N–H and O–H groups in total. The lowest BCUT2D eigenvalue weighted by Gasteiger charge is -2.12. The highest BCUT2D eigenvalue weighted by Gasteiger charge is 2.18. The zero-order valence-corrected chi connectivity index (χ0v) is 11.3. The van der Waals surface area contributed by atoms with E-state index >= 15 is 0 Å². The van der Waals surface area contributed by atoms with Crippen molar-refractivity contribution in [3.63, 3.8) is 0 Å². The number of hydrogen-bond donors (Lipinski definition) is 3. The molecule has 6 heteroatoms. The molecule has 0 spiro atoms. The highest BCUT2D eigenvalue weighted by molar-refractivity contribution is 6.03. The van der Waals surface area contributed by atoms with E-state index in [9.17, 15) is 9.59 Å². The van der Waals surface area contributed by atoms with Gasteiger partial charge in [0.25, 0.3) is 5.91 Å². The second-order valence-electron chi connectivity index (χ2n) is 4.46. The predicted molar refractivity (Wildman–Crippen MR) is 76.5 cm³/mol. The topological polar surface area (TPSA) is 84.2 Å². The van der Waals surface area contributed by atoms with Gasteiger partial charge >= 0.3 is 0 Å². The molecule has 2 amide bonds. The zero-order chi connectivity index (χ0) is 13.0. The molecule has 0 aliphatic carbocycles. The van der Waals surface area contributed by atoms with Gasteiger partial charge in [-0.25, -0.2) is 0 Å². The zero-order valence-electron chi connectivity index (χ0n) is 10.5. The summed E-state index contributed by atoms with van der Waals surface area (Å²) in [5.74, 6) is -0.631. The molecule has 1 aliphatic rings. The molecular formula is C13H18ClN3O2.